The van der Waals surface area contributed by atoms with Crippen molar-refractivity contribution in [2.24, 2.45) is 0 Å². The van der Waals surface area contributed by atoms with Crippen LogP contribution in [0.15, 0.2) is 0 Å². The van der Waals surface area contributed by atoms with Crippen LogP contribution in [0.1, 0.15) is 13.3 Å². The average Bonchev–Trinajstić information content (AvgIpc) is 2.39. The first-order chi connectivity index (χ1) is 4.05. The predicted molar refractivity (Wildman–Crippen MR) is 28.6 cm³/mol. The van der Waals surface area contributed by atoms with E-state index >= 15 is 0 Å². The van der Waals surface area contributed by atoms with E-state index in [1.54, 1.807) is 6.92 Å². The largest absolute Gasteiger partial charge is 1.00 e. The van der Waals surface area contributed by atoms with Crippen LogP contribution >= 0.6 is 0 Å². The average molecular weight is 174 g/mol. The van der Waals surface area contributed by atoms with Crippen LogP contribution in [0.3, 0.4) is 0 Å². The van der Waals surface area contributed by atoms with Crippen LogP contribution in [-0.4, -0.2) is 24.5 Å². The molecule has 0 spiro atoms. The molecule has 0 bridgehead atoms. The first kappa shape index (κ1) is 10.9. The predicted octanol–water partition coefficient (Wildman–Crippen LogP) is -3.33. The van der Waals surface area contributed by atoms with E-state index in [0.29, 0.717) is 6.42 Å². The minimum absolute atomic E-state index is 0. The molecule has 0 saturated carbocycles. The van der Waals surface area contributed by atoms with Crippen molar-refractivity contribution in [2.45, 2.75) is 24.9 Å². The summed E-state index contributed by atoms with van der Waals surface area (Å²) in [5, 5.41) is 0. The van der Waals surface area contributed by atoms with Crippen molar-refractivity contribution in [3.63, 3.8) is 0 Å². The molecule has 0 aromatic heterocycles. The molecular formula is C4H7NaO4S. The van der Waals surface area contributed by atoms with Gasteiger partial charge in [0.1, 0.15) is 10.1 Å². The Balaban J connectivity index is 0.000000810. The second kappa shape index (κ2) is 3.51. The number of ether oxygens (including phenoxy) is 1. The summed E-state index contributed by atoms with van der Waals surface area (Å²) in [6.07, 6.45) is 0.249. The fourth-order valence-electron chi connectivity index (χ4n) is 0.670. The Kier molecular flexibility index (Phi) is 3.82. The zero-order chi connectivity index (χ0) is 7.07. The third kappa shape index (κ3) is 2.48. The molecule has 1 fully saturated rings. The van der Waals surface area contributed by atoms with E-state index in [0.717, 1.165) is 0 Å². The molecule has 54 valence electrons. The molecule has 0 aromatic carbocycles. The normalized spacial score (nSPS) is 31.0. The topological polar surface area (TPSA) is 69.7 Å². The Labute approximate surface area is 82.0 Å². The van der Waals surface area contributed by atoms with Gasteiger partial charge in [-0.2, -0.15) is 0 Å². The third-order valence-corrected chi connectivity index (χ3v) is 2.21. The van der Waals surface area contributed by atoms with Crippen molar-refractivity contribution in [3.05, 3.63) is 0 Å². The second-order valence-electron chi connectivity index (χ2n) is 1.94. The van der Waals surface area contributed by atoms with Crippen LogP contribution < -0.4 is 29.6 Å². The Bertz CT molecular complexity index is 199. The van der Waals surface area contributed by atoms with Crippen molar-refractivity contribution in [1.82, 2.24) is 0 Å². The minimum atomic E-state index is -4.16. The Morgan fingerprint density at radius 2 is 2.10 bits per heavy atom. The molecule has 2 unspecified atom stereocenters. The molecule has 1 rings (SSSR count). The molecule has 1 aliphatic rings. The van der Waals surface area contributed by atoms with Gasteiger partial charge in [-0.25, -0.2) is 8.42 Å². The molecule has 0 radical (unpaired) electrons. The molecule has 6 heteroatoms. The van der Waals surface area contributed by atoms with Crippen LogP contribution in [0, 0.1) is 0 Å². The van der Waals surface area contributed by atoms with Gasteiger partial charge in [-0.3, -0.25) is 0 Å². The van der Waals surface area contributed by atoms with Crippen molar-refractivity contribution >= 4 is 10.1 Å². The molecule has 0 N–H and O–H groups in total. The second-order valence-corrected chi connectivity index (χ2v) is 3.39. The maximum absolute atomic E-state index is 10.1. The fraction of sp³-hybridized carbons (Fsp3) is 1.00. The summed E-state index contributed by atoms with van der Waals surface area (Å²) in [5.41, 5.74) is -1.05. The van der Waals surface area contributed by atoms with E-state index in [2.05, 4.69) is 4.74 Å². The van der Waals surface area contributed by atoms with Gasteiger partial charge in [-0.15, -0.1) is 0 Å². The molecular weight excluding hydrogens is 167 g/mol. The summed E-state index contributed by atoms with van der Waals surface area (Å²) in [6.45, 7) is 1.77. The maximum atomic E-state index is 10.1. The summed E-state index contributed by atoms with van der Waals surface area (Å²) >= 11 is 0. The molecule has 1 heterocycles. The van der Waals surface area contributed by atoms with Crippen molar-refractivity contribution in [2.75, 3.05) is 0 Å². The Hall–Kier alpha value is 0.870. The first-order valence-corrected chi connectivity index (χ1v) is 4.13. The van der Waals surface area contributed by atoms with Crippen LogP contribution in [-0.2, 0) is 14.9 Å². The Morgan fingerprint density at radius 1 is 1.60 bits per heavy atom. The van der Waals surface area contributed by atoms with Gasteiger partial charge < -0.3 is 9.29 Å². The quantitative estimate of drug-likeness (QED) is 0.249. The summed E-state index contributed by atoms with van der Waals surface area (Å²) in [4.78, 5) is 0. The molecule has 10 heavy (non-hydrogen) atoms. The van der Waals surface area contributed by atoms with Gasteiger partial charge >= 0.3 is 29.6 Å². The standard InChI is InChI=1S/C4H8O4S.Na/c1-2-3-4(8-3)9(5,6)7;/h3-4H,2H2,1H3,(H,5,6,7);/q;+1/p-1. The number of hydrogen-bond donors (Lipinski definition) is 0. The summed E-state index contributed by atoms with van der Waals surface area (Å²) in [5.74, 6) is 0. The zero-order valence-corrected chi connectivity index (χ0v) is 8.72. The van der Waals surface area contributed by atoms with Gasteiger partial charge in [0.25, 0.3) is 0 Å². The van der Waals surface area contributed by atoms with Gasteiger partial charge in [-0.1, -0.05) is 6.92 Å². The molecule has 0 aliphatic carbocycles. The molecule has 4 nitrogen and oxygen atoms in total. The maximum Gasteiger partial charge on any atom is 1.00 e. The zero-order valence-electron chi connectivity index (χ0n) is 5.90. The minimum Gasteiger partial charge on any atom is -0.746 e. The monoisotopic (exact) mass is 174 g/mol. The van der Waals surface area contributed by atoms with E-state index in [9.17, 15) is 13.0 Å². The Morgan fingerprint density at radius 3 is 2.20 bits per heavy atom. The summed E-state index contributed by atoms with van der Waals surface area (Å²) in [7, 11) is -4.16. The molecule has 1 saturated heterocycles. The molecule has 0 aromatic rings. The van der Waals surface area contributed by atoms with E-state index < -0.39 is 15.6 Å². The van der Waals surface area contributed by atoms with Crippen molar-refractivity contribution in [3.8, 4) is 0 Å². The van der Waals surface area contributed by atoms with Gasteiger partial charge in [0.05, 0.1) is 6.10 Å². The first-order valence-electron chi connectivity index (χ1n) is 2.66. The van der Waals surface area contributed by atoms with Crippen LogP contribution in [0.25, 0.3) is 0 Å². The molecule has 2 atom stereocenters. The third-order valence-electron chi connectivity index (χ3n) is 1.22. The van der Waals surface area contributed by atoms with Gasteiger partial charge in [-0.05, 0) is 6.42 Å². The van der Waals surface area contributed by atoms with Crippen molar-refractivity contribution < 1.29 is 47.3 Å². The fourth-order valence-corrected chi connectivity index (χ4v) is 1.51. The SMILES string of the molecule is CCC1OC1S(=O)(=O)[O-].[Na+]. The molecule has 1 aliphatic heterocycles. The number of hydrogen-bond acceptors (Lipinski definition) is 4. The van der Waals surface area contributed by atoms with E-state index in [1.165, 1.54) is 0 Å². The van der Waals surface area contributed by atoms with Gasteiger partial charge in [0.2, 0.25) is 0 Å². The van der Waals surface area contributed by atoms with Crippen LogP contribution in [0.2, 0.25) is 0 Å². The van der Waals surface area contributed by atoms with Crippen molar-refractivity contribution in [1.29, 1.82) is 0 Å². The number of rotatable bonds is 2. The number of epoxide rings is 1. The van der Waals surface area contributed by atoms with Crippen LogP contribution in [0.5, 0.6) is 0 Å². The van der Waals surface area contributed by atoms with Crippen LogP contribution in [0.4, 0.5) is 0 Å². The van der Waals surface area contributed by atoms with E-state index in [4.69, 9.17) is 0 Å². The van der Waals surface area contributed by atoms with Gasteiger partial charge in [0.15, 0.2) is 5.44 Å². The summed E-state index contributed by atoms with van der Waals surface area (Å²) in [6, 6.07) is 0. The molecule has 0 amide bonds. The summed E-state index contributed by atoms with van der Waals surface area (Å²) < 4.78 is 34.8. The van der Waals surface area contributed by atoms with E-state index in [1.807, 2.05) is 0 Å². The van der Waals surface area contributed by atoms with E-state index in [-0.39, 0.29) is 35.7 Å². The smallest absolute Gasteiger partial charge is 0.746 e. The van der Waals surface area contributed by atoms with Gasteiger partial charge in [0, 0.05) is 0 Å².